The van der Waals surface area contributed by atoms with Crippen LogP contribution in [0.2, 0.25) is 5.02 Å². The summed E-state index contributed by atoms with van der Waals surface area (Å²) in [6.07, 6.45) is 5.32. The smallest absolute Gasteiger partial charge is 0.337 e. The predicted octanol–water partition coefficient (Wildman–Crippen LogP) is 3.62. The van der Waals surface area contributed by atoms with E-state index in [1.165, 1.54) is 25.3 Å². The van der Waals surface area contributed by atoms with E-state index < -0.39 is 5.97 Å². The average Bonchev–Trinajstić information content (AvgIpc) is 3.16. The Morgan fingerprint density at radius 3 is 2.54 bits per heavy atom. The van der Waals surface area contributed by atoms with E-state index in [4.69, 9.17) is 11.6 Å². The van der Waals surface area contributed by atoms with Gasteiger partial charge in [-0.3, -0.25) is 4.79 Å². The number of amides is 1. The number of aromatic nitrogens is 2. The van der Waals surface area contributed by atoms with Gasteiger partial charge in [0, 0.05) is 24.5 Å². The number of methoxy groups -OCH3 is 1. The normalized spacial score (nSPS) is 10.4. The summed E-state index contributed by atoms with van der Waals surface area (Å²) in [7, 11) is 1.29. The van der Waals surface area contributed by atoms with Crippen molar-refractivity contribution in [3.8, 4) is 0 Å². The first-order valence-electron chi connectivity index (χ1n) is 7.80. The summed E-state index contributed by atoms with van der Waals surface area (Å²) in [6.45, 7) is 0.675. The van der Waals surface area contributed by atoms with Gasteiger partial charge in [-0.2, -0.15) is 0 Å². The number of esters is 1. The van der Waals surface area contributed by atoms with Gasteiger partial charge in [-0.25, -0.2) is 9.78 Å². The molecule has 1 aromatic heterocycles. The number of rotatable bonds is 5. The van der Waals surface area contributed by atoms with E-state index in [9.17, 15) is 9.59 Å². The molecule has 1 heterocycles. The summed E-state index contributed by atoms with van der Waals surface area (Å²) in [5.74, 6) is -0.816. The number of nitrogens with zero attached hydrogens (tertiary/aromatic N) is 2. The molecule has 0 spiro atoms. The third-order valence-corrected chi connectivity index (χ3v) is 4.11. The number of ether oxygens (including phenoxy) is 1. The molecule has 3 rings (SSSR count). The van der Waals surface area contributed by atoms with E-state index in [-0.39, 0.29) is 5.91 Å². The number of anilines is 1. The second-order valence-corrected chi connectivity index (χ2v) is 5.98. The van der Waals surface area contributed by atoms with Crippen LogP contribution >= 0.6 is 11.6 Å². The number of benzene rings is 2. The van der Waals surface area contributed by atoms with E-state index >= 15 is 0 Å². The van der Waals surface area contributed by atoms with Crippen LogP contribution in [0.25, 0.3) is 0 Å². The molecule has 0 bridgehead atoms. The van der Waals surface area contributed by atoms with E-state index in [0.29, 0.717) is 28.4 Å². The maximum atomic E-state index is 12.4. The fourth-order valence-electron chi connectivity index (χ4n) is 2.41. The number of hydrogen-bond acceptors (Lipinski definition) is 4. The second-order valence-electron chi connectivity index (χ2n) is 5.57. The molecule has 0 atom stereocenters. The van der Waals surface area contributed by atoms with Crippen LogP contribution < -0.4 is 5.32 Å². The summed E-state index contributed by atoms with van der Waals surface area (Å²) in [6, 6.07) is 11.8. The number of imidazole rings is 1. The van der Waals surface area contributed by atoms with Crippen molar-refractivity contribution in [1.82, 2.24) is 9.55 Å². The highest BCUT2D eigenvalue weighted by molar-refractivity contribution is 6.34. The summed E-state index contributed by atoms with van der Waals surface area (Å²) in [5.41, 5.74) is 2.19. The molecule has 0 radical (unpaired) electrons. The molecule has 1 amide bonds. The molecule has 0 saturated heterocycles. The quantitative estimate of drug-likeness (QED) is 0.697. The van der Waals surface area contributed by atoms with Gasteiger partial charge in [0.2, 0.25) is 0 Å². The van der Waals surface area contributed by atoms with Crippen molar-refractivity contribution in [2.45, 2.75) is 6.54 Å². The molecule has 26 heavy (non-hydrogen) atoms. The predicted molar refractivity (Wildman–Crippen MR) is 98.5 cm³/mol. The van der Waals surface area contributed by atoms with Crippen molar-refractivity contribution in [2.24, 2.45) is 0 Å². The van der Waals surface area contributed by atoms with Crippen LogP contribution in [-0.4, -0.2) is 28.5 Å². The lowest BCUT2D eigenvalue weighted by Crippen LogP contribution is -2.13. The standard InChI is InChI=1S/C19H16ClN3O3/c1-26-19(25)15-6-7-16(20)17(10-15)22-18(24)14-4-2-13(3-5-14)11-23-9-8-21-12-23/h2-10,12H,11H2,1H3,(H,22,24). The van der Waals surface area contributed by atoms with Gasteiger partial charge in [0.05, 0.1) is 29.7 Å². The number of hydrogen-bond donors (Lipinski definition) is 1. The molecule has 0 aliphatic carbocycles. The Bertz CT molecular complexity index is 922. The maximum Gasteiger partial charge on any atom is 0.337 e. The molecule has 1 N–H and O–H groups in total. The molecular formula is C19H16ClN3O3. The van der Waals surface area contributed by atoms with Crippen molar-refractivity contribution in [2.75, 3.05) is 12.4 Å². The first-order valence-corrected chi connectivity index (χ1v) is 8.18. The highest BCUT2D eigenvalue weighted by Gasteiger charge is 2.12. The zero-order chi connectivity index (χ0) is 18.5. The van der Waals surface area contributed by atoms with Crippen molar-refractivity contribution in [3.63, 3.8) is 0 Å². The van der Waals surface area contributed by atoms with Gasteiger partial charge in [-0.1, -0.05) is 23.7 Å². The second kappa shape index (κ2) is 7.84. The molecule has 132 valence electrons. The molecule has 6 nitrogen and oxygen atoms in total. The topological polar surface area (TPSA) is 73.2 Å². The van der Waals surface area contributed by atoms with Crippen LogP contribution in [-0.2, 0) is 11.3 Å². The molecule has 0 aliphatic rings. The minimum absolute atomic E-state index is 0.308. The van der Waals surface area contributed by atoms with Gasteiger partial charge in [-0.05, 0) is 35.9 Å². The number of halogens is 1. The molecule has 0 saturated carbocycles. The van der Waals surface area contributed by atoms with Crippen LogP contribution in [0.5, 0.6) is 0 Å². The summed E-state index contributed by atoms with van der Waals surface area (Å²) >= 11 is 6.10. The zero-order valence-corrected chi connectivity index (χ0v) is 14.7. The summed E-state index contributed by atoms with van der Waals surface area (Å²) in [4.78, 5) is 28.1. The largest absolute Gasteiger partial charge is 0.465 e. The third-order valence-electron chi connectivity index (χ3n) is 3.78. The van der Waals surface area contributed by atoms with E-state index in [0.717, 1.165) is 5.56 Å². The van der Waals surface area contributed by atoms with E-state index in [1.807, 2.05) is 22.9 Å². The summed E-state index contributed by atoms with van der Waals surface area (Å²) in [5, 5.41) is 3.05. The molecule has 2 aromatic carbocycles. The lowest BCUT2D eigenvalue weighted by molar-refractivity contribution is 0.0600. The van der Waals surface area contributed by atoms with Crippen molar-refractivity contribution in [1.29, 1.82) is 0 Å². The molecule has 3 aromatic rings. The monoisotopic (exact) mass is 369 g/mol. The van der Waals surface area contributed by atoms with E-state index in [2.05, 4.69) is 15.0 Å². The Hall–Kier alpha value is -3.12. The Labute approximate surface area is 155 Å². The highest BCUT2D eigenvalue weighted by Crippen LogP contribution is 2.24. The third kappa shape index (κ3) is 4.10. The first-order chi connectivity index (χ1) is 12.6. The molecule has 0 aliphatic heterocycles. The Balaban J connectivity index is 1.72. The summed E-state index contributed by atoms with van der Waals surface area (Å²) < 4.78 is 6.61. The van der Waals surface area contributed by atoms with Gasteiger partial charge in [0.25, 0.3) is 5.91 Å². The molecular weight excluding hydrogens is 354 g/mol. The van der Waals surface area contributed by atoms with Gasteiger partial charge >= 0.3 is 5.97 Å². The van der Waals surface area contributed by atoms with Gasteiger partial charge in [-0.15, -0.1) is 0 Å². The fraction of sp³-hybridized carbons (Fsp3) is 0.105. The Morgan fingerprint density at radius 1 is 1.15 bits per heavy atom. The number of carbonyl (C=O) groups excluding carboxylic acids is 2. The molecule has 0 unspecified atom stereocenters. The Kier molecular flexibility index (Phi) is 5.34. The van der Waals surface area contributed by atoms with Crippen LogP contribution in [0.4, 0.5) is 5.69 Å². The lowest BCUT2D eigenvalue weighted by atomic mass is 10.1. The maximum absolute atomic E-state index is 12.4. The highest BCUT2D eigenvalue weighted by atomic mass is 35.5. The minimum atomic E-state index is -0.499. The van der Waals surface area contributed by atoms with Crippen LogP contribution in [0.3, 0.4) is 0 Å². The molecule has 7 heteroatoms. The van der Waals surface area contributed by atoms with Gasteiger partial charge < -0.3 is 14.6 Å². The van der Waals surface area contributed by atoms with Gasteiger partial charge in [0.1, 0.15) is 0 Å². The number of nitrogens with one attached hydrogen (secondary N) is 1. The average molecular weight is 370 g/mol. The van der Waals surface area contributed by atoms with Crippen LogP contribution in [0.1, 0.15) is 26.3 Å². The first kappa shape index (κ1) is 17.7. The minimum Gasteiger partial charge on any atom is -0.465 e. The lowest BCUT2D eigenvalue weighted by Gasteiger charge is -2.10. The van der Waals surface area contributed by atoms with Crippen LogP contribution in [0.15, 0.2) is 61.2 Å². The zero-order valence-electron chi connectivity index (χ0n) is 14.0. The van der Waals surface area contributed by atoms with E-state index in [1.54, 1.807) is 24.7 Å². The van der Waals surface area contributed by atoms with Gasteiger partial charge in [0.15, 0.2) is 0 Å². The number of carbonyl (C=O) groups is 2. The van der Waals surface area contributed by atoms with Crippen molar-refractivity contribution < 1.29 is 14.3 Å². The SMILES string of the molecule is COC(=O)c1ccc(Cl)c(NC(=O)c2ccc(Cn3ccnc3)cc2)c1. The van der Waals surface area contributed by atoms with Crippen molar-refractivity contribution >= 4 is 29.2 Å². The molecule has 0 fully saturated rings. The van der Waals surface area contributed by atoms with Crippen LogP contribution in [0, 0.1) is 0 Å². The fourth-order valence-corrected chi connectivity index (χ4v) is 2.58. The van der Waals surface area contributed by atoms with Crippen molar-refractivity contribution in [3.05, 3.63) is 82.9 Å². The Morgan fingerprint density at radius 2 is 1.88 bits per heavy atom.